The standard InChI is InChI=1S/3C28H24N6O.C20H14N4O2.C8H12N2.C8H8O/c3*1-18(22-12-6-7-15-30-22)34(2)28(35)26-27(29)33-24(19-9-4-3-5-10-19)25(32-26)21-13-14-23-20(17-21)11-8-16-31-23;21-19-18(20(25)26)23-17(16(24-19)12-5-2-1-3-6-12)14-8-9-15-13(11-14)7-4-10-22-15;1-7(9-2)8-5-3-4-6-10-8;1-7(9)8-5-3-2-4-6-8/h3*3-18H,1-2H3,(H2,29,33);1-11H,(H2,21,24)(H,25,26);3-7,9H,1-2H3;2-6H,1H3/t2*18-;;;;/m10..../s1. The number of benzene rings is 9. The number of carboxylic acids is 1. The number of nitrogen functional groups attached to an aromatic ring is 4. The van der Waals surface area contributed by atoms with E-state index < -0.39 is 5.97 Å². The van der Waals surface area contributed by atoms with E-state index in [0.29, 0.717) is 51.6 Å². The largest absolute Gasteiger partial charge is 0.476 e. The average molecular weight is 1980 g/mol. The molecule has 2 unspecified atom stereocenters. The number of nitrogens with two attached hydrogens (primary N) is 4. The molecule has 0 bridgehead atoms. The van der Waals surface area contributed by atoms with Crippen LogP contribution in [-0.2, 0) is 0 Å². The van der Waals surface area contributed by atoms with Crippen LogP contribution in [0.4, 0.5) is 23.3 Å². The van der Waals surface area contributed by atoms with Crippen molar-refractivity contribution >= 4 is 96.4 Å². The number of pyridine rings is 8. The Bertz CT molecular complexity index is 7770. The van der Waals surface area contributed by atoms with Gasteiger partial charge in [-0.05, 0) is 163 Å². The van der Waals surface area contributed by atoms with Crippen LogP contribution >= 0.6 is 0 Å². The fourth-order valence-corrected chi connectivity index (χ4v) is 16.3. The first-order valence-corrected chi connectivity index (χ1v) is 48.1. The van der Waals surface area contributed by atoms with E-state index in [1.807, 2.05) is 380 Å². The van der Waals surface area contributed by atoms with E-state index in [0.717, 1.165) is 116 Å². The summed E-state index contributed by atoms with van der Waals surface area (Å²) in [5.74, 6) is -1.92. The lowest BCUT2D eigenvalue weighted by Crippen LogP contribution is -2.31. The molecule has 0 saturated carbocycles. The van der Waals surface area contributed by atoms with Crippen LogP contribution < -0.4 is 28.3 Å². The Kier molecular flexibility index (Phi) is 33.4. The van der Waals surface area contributed by atoms with Crippen molar-refractivity contribution in [1.82, 2.24) is 99.8 Å². The van der Waals surface area contributed by atoms with Crippen LogP contribution in [-0.4, -0.2) is 157 Å². The molecular formula is C120H106N24O6. The molecule has 30 heteroatoms. The van der Waals surface area contributed by atoms with Gasteiger partial charge in [0.05, 0.1) is 109 Å². The molecule has 0 fully saturated rings. The summed E-state index contributed by atoms with van der Waals surface area (Å²) in [6.07, 6.45) is 13.9. The van der Waals surface area contributed by atoms with Crippen molar-refractivity contribution in [2.75, 3.05) is 51.1 Å². The summed E-state index contributed by atoms with van der Waals surface area (Å²) in [5, 5.41) is 16.3. The molecular weight excluding hydrogens is 1870 g/mol. The highest BCUT2D eigenvalue weighted by molar-refractivity contribution is 6.02. The molecule has 9 aromatic carbocycles. The van der Waals surface area contributed by atoms with Crippen LogP contribution in [0.5, 0.6) is 0 Å². The van der Waals surface area contributed by atoms with Crippen molar-refractivity contribution < 1.29 is 29.1 Å². The molecule has 742 valence electrons. The van der Waals surface area contributed by atoms with Crippen molar-refractivity contribution in [3.8, 4) is 90.1 Å². The zero-order chi connectivity index (χ0) is 105. The maximum absolute atomic E-state index is 13.5. The minimum absolute atomic E-state index is 0.0835. The number of aromatic nitrogens is 16. The fraction of sp³-hybridized carbons (Fsp3) is 0.108. The summed E-state index contributed by atoms with van der Waals surface area (Å²) in [7, 11) is 7.08. The van der Waals surface area contributed by atoms with E-state index in [1.165, 1.54) is 0 Å². The van der Waals surface area contributed by atoms with Crippen molar-refractivity contribution in [1.29, 1.82) is 0 Å². The maximum Gasteiger partial charge on any atom is 0.358 e. The van der Waals surface area contributed by atoms with Gasteiger partial charge in [0.2, 0.25) is 0 Å². The normalized spacial score (nSPS) is 11.6. The Balaban J connectivity index is 0.000000135. The number of carboxylic acid groups (broad SMARTS) is 1. The number of fused-ring (bicyclic) bond motifs is 4. The minimum atomic E-state index is -1.21. The second kappa shape index (κ2) is 48.6. The number of carbonyl (C=O) groups is 5. The van der Waals surface area contributed by atoms with Crippen molar-refractivity contribution in [2.24, 2.45) is 0 Å². The van der Waals surface area contributed by atoms with Gasteiger partial charge < -0.3 is 48.1 Å². The number of rotatable bonds is 21. The number of nitrogens with one attached hydrogen (secondary N) is 1. The highest BCUT2D eigenvalue weighted by Gasteiger charge is 2.31. The van der Waals surface area contributed by atoms with E-state index in [4.69, 9.17) is 37.9 Å². The number of hydrogen-bond donors (Lipinski definition) is 6. The quantitative estimate of drug-likeness (QED) is 0.0364. The van der Waals surface area contributed by atoms with Crippen LogP contribution in [0.15, 0.2) is 395 Å². The molecule has 30 nitrogen and oxygen atoms in total. The molecule has 3 amide bonds. The van der Waals surface area contributed by atoms with Gasteiger partial charge in [-0.1, -0.05) is 224 Å². The smallest absolute Gasteiger partial charge is 0.358 e. The van der Waals surface area contributed by atoms with Gasteiger partial charge in [0, 0.05) is 148 Å². The molecule has 12 aromatic heterocycles. The van der Waals surface area contributed by atoms with Crippen LogP contribution in [0.2, 0.25) is 0 Å². The van der Waals surface area contributed by atoms with Crippen LogP contribution in [0.1, 0.15) is 134 Å². The molecule has 0 aliphatic rings. The molecule has 4 atom stereocenters. The first-order valence-electron chi connectivity index (χ1n) is 48.1. The highest BCUT2D eigenvalue weighted by atomic mass is 16.4. The van der Waals surface area contributed by atoms with Crippen molar-refractivity contribution in [3.05, 3.63) is 446 Å². The molecule has 150 heavy (non-hydrogen) atoms. The van der Waals surface area contributed by atoms with Crippen LogP contribution in [0.3, 0.4) is 0 Å². The zero-order valence-electron chi connectivity index (χ0n) is 83.6. The molecule has 21 aromatic rings. The Morgan fingerprint density at radius 3 is 0.720 bits per heavy atom. The molecule has 0 spiro atoms. The molecule has 0 saturated heterocycles. The Morgan fingerprint density at radius 1 is 0.260 bits per heavy atom. The van der Waals surface area contributed by atoms with E-state index in [1.54, 1.807) is 86.1 Å². The van der Waals surface area contributed by atoms with Gasteiger partial charge in [-0.2, -0.15) is 0 Å². The van der Waals surface area contributed by atoms with E-state index in [2.05, 4.69) is 77.0 Å². The third-order valence-electron chi connectivity index (χ3n) is 25.0. The van der Waals surface area contributed by atoms with Crippen molar-refractivity contribution in [3.63, 3.8) is 0 Å². The summed E-state index contributed by atoms with van der Waals surface area (Å²) in [4.78, 5) is 139. The minimum Gasteiger partial charge on any atom is -0.476 e. The van der Waals surface area contributed by atoms with Gasteiger partial charge in [-0.25, -0.2) is 44.7 Å². The first kappa shape index (κ1) is 103. The second-order valence-electron chi connectivity index (χ2n) is 34.8. The van der Waals surface area contributed by atoms with Gasteiger partial charge in [-0.15, -0.1) is 0 Å². The zero-order valence-corrected chi connectivity index (χ0v) is 83.6. The lowest BCUT2D eigenvalue weighted by Gasteiger charge is -2.25. The van der Waals surface area contributed by atoms with Gasteiger partial charge in [-0.3, -0.25) is 59.0 Å². The average Bonchev–Trinajstić information content (AvgIpc) is 0.777. The molecule has 21 rings (SSSR count). The molecule has 0 radical (unpaired) electrons. The van der Waals surface area contributed by atoms with Crippen LogP contribution in [0.25, 0.3) is 134 Å². The Hall–Kier alpha value is -19.8. The van der Waals surface area contributed by atoms with Gasteiger partial charge in [0.25, 0.3) is 17.7 Å². The number of hydrogen-bond acceptors (Lipinski definition) is 26. The van der Waals surface area contributed by atoms with Gasteiger partial charge in [0.1, 0.15) is 0 Å². The number of ketones is 1. The fourth-order valence-electron chi connectivity index (χ4n) is 16.3. The summed E-state index contributed by atoms with van der Waals surface area (Å²) < 4.78 is 0. The number of amides is 3. The number of nitrogens with zero attached hydrogens (tertiary/aromatic N) is 19. The SMILES string of the molecule is CC(=O)c1ccccc1.CC(c1ccccn1)N(C)C(=O)c1nc(-c2ccc3ncccc3c2)c(-c2ccccc2)nc1N.CNC(C)c1ccccn1.C[C@@H](c1ccccn1)N(C)C(=O)c1nc(-c2ccc3ncccc3c2)c(-c2ccccc2)nc1N.C[C@H](c1ccccn1)N(C)C(=O)c1nc(-c2ccc3ncccc3c2)c(-c2ccccc2)nc1N.Nc1nc(-c2ccccc2)c(-c2ccc3ncccc3c2)nc1C(=O)O. The second-order valence-corrected chi connectivity index (χ2v) is 34.8. The molecule has 12 heterocycles. The van der Waals surface area contributed by atoms with E-state index >= 15 is 0 Å². The maximum atomic E-state index is 13.5. The summed E-state index contributed by atoms with van der Waals surface area (Å²) >= 11 is 0. The van der Waals surface area contributed by atoms with Gasteiger partial charge >= 0.3 is 5.97 Å². The Morgan fingerprint density at radius 2 is 0.487 bits per heavy atom. The molecule has 0 aliphatic carbocycles. The predicted octanol–water partition coefficient (Wildman–Crippen LogP) is 22.4. The lowest BCUT2D eigenvalue weighted by atomic mass is 10.0. The lowest BCUT2D eigenvalue weighted by molar-refractivity contribution is 0.0687. The third kappa shape index (κ3) is 24.7. The van der Waals surface area contributed by atoms with Crippen LogP contribution in [0, 0.1) is 0 Å². The first-order chi connectivity index (χ1) is 72.9. The number of carbonyl (C=O) groups excluding carboxylic acids is 4. The summed E-state index contributed by atoms with van der Waals surface area (Å²) in [6.45, 7) is 9.40. The van der Waals surface area contributed by atoms with Gasteiger partial charge in [0.15, 0.2) is 51.8 Å². The monoisotopic (exact) mass is 1980 g/mol. The number of Topliss-reactive ketones (excluding diaryl/α,β-unsaturated/α-hetero) is 1. The Labute approximate surface area is 866 Å². The van der Waals surface area contributed by atoms with Crippen molar-refractivity contribution in [2.45, 2.75) is 58.8 Å². The predicted molar refractivity (Wildman–Crippen MR) is 590 cm³/mol. The topological polar surface area (TPSA) is 438 Å². The molecule has 0 aliphatic heterocycles. The highest BCUT2D eigenvalue weighted by Crippen LogP contribution is 2.40. The summed E-state index contributed by atoms with van der Waals surface area (Å²) in [5.41, 5.74) is 43.8. The third-order valence-corrected chi connectivity index (χ3v) is 25.0. The number of anilines is 4. The van der Waals surface area contributed by atoms with E-state index in [-0.39, 0.29) is 87.7 Å². The molecule has 10 N–H and O–H groups in total. The number of aromatic carboxylic acids is 1. The van der Waals surface area contributed by atoms with E-state index in [9.17, 15) is 29.1 Å². The summed E-state index contributed by atoms with van der Waals surface area (Å²) in [6, 6.07) is 109.